The monoisotopic (exact) mass is 264 g/mol. The molecular formula is C9H20N4O3S. The molecule has 0 saturated carbocycles. The lowest BCUT2D eigenvalue weighted by atomic mass is 10.1. The van der Waals surface area contributed by atoms with Crippen LogP contribution in [0.3, 0.4) is 0 Å². The number of carbonyl (C=O) groups excluding carboxylic acids is 1. The SMILES string of the molecule is CC(CN)CC(=O)N1CCN(S(N)(=O)=O)CC1. The summed E-state index contributed by atoms with van der Waals surface area (Å²) < 4.78 is 23.3. The van der Waals surface area contributed by atoms with Crippen molar-refractivity contribution in [3.8, 4) is 0 Å². The Morgan fingerprint density at radius 3 is 2.24 bits per heavy atom. The van der Waals surface area contributed by atoms with E-state index in [9.17, 15) is 13.2 Å². The van der Waals surface area contributed by atoms with Gasteiger partial charge in [0, 0.05) is 32.6 Å². The molecule has 1 rings (SSSR count). The quantitative estimate of drug-likeness (QED) is 0.632. The molecule has 100 valence electrons. The van der Waals surface area contributed by atoms with Gasteiger partial charge in [-0.15, -0.1) is 0 Å². The Bertz CT molecular complexity index is 362. The molecule has 0 bridgehead atoms. The molecule has 8 heteroatoms. The van der Waals surface area contributed by atoms with E-state index >= 15 is 0 Å². The van der Waals surface area contributed by atoms with Crippen molar-refractivity contribution in [1.29, 1.82) is 0 Å². The number of rotatable bonds is 4. The summed E-state index contributed by atoms with van der Waals surface area (Å²) >= 11 is 0. The highest BCUT2D eigenvalue weighted by molar-refractivity contribution is 7.86. The number of hydrogen-bond acceptors (Lipinski definition) is 4. The molecule has 1 heterocycles. The van der Waals surface area contributed by atoms with Crippen LogP contribution in [0.15, 0.2) is 0 Å². The highest BCUT2D eigenvalue weighted by atomic mass is 32.2. The van der Waals surface area contributed by atoms with Crippen LogP contribution < -0.4 is 10.9 Å². The summed E-state index contributed by atoms with van der Waals surface area (Å²) in [5.74, 6) is 0.177. The first-order valence-corrected chi connectivity index (χ1v) is 7.10. The molecule has 1 amide bonds. The second-order valence-corrected chi connectivity index (χ2v) is 5.92. The van der Waals surface area contributed by atoms with Gasteiger partial charge in [-0.2, -0.15) is 12.7 Å². The van der Waals surface area contributed by atoms with Gasteiger partial charge < -0.3 is 10.6 Å². The topological polar surface area (TPSA) is 110 Å². The first-order valence-electron chi connectivity index (χ1n) is 5.60. The third kappa shape index (κ3) is 4.23. The van der Waals surface area contributed by atoms with Gasteiger partial charge in [-0.05, 0) is 12.5 Å². The van der Waals surface area contributed by atoms with Gasteiger partial charge >= 0.3 is 0 Å². The molecule has 7 nitrogen and oxygen atoms in total. The molecule has 0 aromatic carbocycles. The summed E-state index contributed by atoms with van der Waals surface area (Å²) in [5.41, 5.74) is 5.45. The van der Waals surface area contributed by atoms with Gasteiger partial charge in [0.25, 0.3) is 10.2 Å². The standard InChI is InChI=1S/C9H20N4O3S/c1-8(7-10)6-9(14)12-2-4-13(5-3-12)17(11,15)16/h8H,2-7,10H2,1H3,(H2,11,15,16). The number of hydrogen-bond donors (Lipinski definition) is 2. The van der Waals surface area contributed by atoms with Crippen LogP contribution in [0.4, 0.5) is 0 Å². The number of piperazine rings is 1. The van der Waals surface area contributed by atoms with Gasteiger partial charge in [-0.3, -0.25) is 4.79 Å². The van der Waals surface area contributed by atoms with Gasteiger partial charge in [0.05, 0.1) is 0 Å². The van der Waals surface area contributed by atoms with Crippen molar-refractivity contribution in [2.24, 2.45) is 16.8 Å². The summed E-state index contributed by atoms with van der Waals surface area (Å²) in [4.78, 5) is 13.5. The van der Waals surface area contributed by atoms with E-state index in [0.29, 0.717) is 26.1 Å². The van der Waals surface area contributed by atoms with Crippen LogP contribution in [0, 0.1) is 5.92 Å². The van der Waals surface area contributed by atoms with Crippen LogP contribution in [-0.4, -0.2) is 56.3 Å². The maximum absolute atomic E-state index is 11.8. The van der Waals surface area contributed by atoms with Crippen molar-refractivity contribution in [3.05, 3.63) is 0 Å². The van der Waals surface area contributed by atoms with Crippen LogP contribution in [0.5, 0.6) is 0 Å². The number of nitrogens with two attached hydrogens (primary N) is 2. The van der Waals surface area contributed by atoms with Crippen LogP contribution in [0.25, 0.3) is 0 Å². The summed E-state index contributed by atoms with van der Waals surface area (Å²) in [6.07, 6.45) is 0.409. The Morgan fingerprint density at radius 2 is 1.82 bits per heavy atom. The van der Waals surface area contributed by atoms with E-state index in [4.69, 9.17) is 10.9 Å². The zero-order valence-corrected chi connectivity index (χ0v) is 10.8. The lowest BCUT2D eigenvalue weighted by molar-refractivity contribution is -0.133. The first kappa shape index (κ1) is 14.4. The fourth-order valence-electron chi connectivity index (χ4n) is 1.70. The number of amides is 1. The highest BCUT2D eigenvalue weighted by Crippen LogP contribution is 2.09. The van der Waals surface area contributed by atoms with Gasteiger partial charge in [0.15, 0.2) is 0 Å². The van der Waals surface area contributed by atoms with E-state index in [-0.39, 0.29) is 24.9 Å². The molecular weight excluding hydrogens is 244 g/mol. The fraction of sp³-hybridized carbons (Fsp3) is 0.889. The van der Waals surface area contributed by atoms with E-state index in [2.05, 4.69) is 0 Å². The van der Waals surface area contributed by atoms with E-state index in [1.54, 1.807) is 4.90 Å². The smallest absolute Gasteiger partial charge is 0.277 e. The maximum atomic E-state index is 11.8. The molecule has 1 aliphatic rings. The normalized spacial score (nSPS) is 20.3. The van der Waals surface area contributed by atoms with Crippen molar-refractivity contribution in [2.45, 2.75) is 13.3 Å². The van der Waals surface area contributed by atoms with Crippen LogP contribution in [0.1, 0.15) is 13.3 Å². The second-order valence-electron chi connectivity index (χ2n) is 4.37. The maximum Gasteiger partial charge on any atom is 0.277 e. The number of carbonyl (C=O) groups is 1. The van der Waals surface area contributed by atoms with E-state index in [1.165, 1.54) is 4.31 Å². The third-order valence-electron chi connectivity index (χ3n) is 2.88. The Kier molecular flexibility index (Phi) is 4.87. The summed E-state index contributed by atoms with van der Waals surface area (Å²) in [6.45, 7) is 3.71. The van der Waals surface area contributed by atoms with Crippen molar-refractivity contribution >= 4 is 16.1 Å². The molecule has 4 N–H and O–H groups in total. The van der Waals surface area contributed by atoms with Crippen molar-refractivity contribution in [2.75, 3.05) is 32.7 Å². The predicted octanol–water partition coefficient (Wildman–Crippen LogP) is -1.68. The molecule has 0 spiro atoms. The lowest BCUT2D eigenvalue weighted by Gasteiger charge is -2.33. The van der Waals surface area contributed by atoms with E-state index in [1.807, 2.05) is 6.92 Å². The van der Waals surface area contributed by atoms with Crippen molar-refractivity contribution in [1.82, 2.24) is 9.21 Å². The summed E-state index contributed by atoms with van der Waals surface area (Å²) in [7, 11) is -3.63. The van der Waals surface area contributed by atoms with Gasteiger partial charge in [0.1, 0.15) is 0 Å². The minimum atomic E-state index is -3.63. The second kappa shape index (κ2) is 5.76. The minimum absolute atomic E-state index is 0.0250. The summed E-state index contributed by atoms with van der Waals surface area (Å²) in [5, 5.41) is 5.01. The number of nitrogens with zero attached hydrogens (tertiary/aromatic N) is 2. The van der Waals surface area contributed by atoms with E-state index in [0.717, 1.165) is 0 Å². The van der Waals surface area contributed by atoms with Crippen LogP contribution in [-0.2, 0) is 15.0 Å². The first-order chi connectivity index (χ1) is 7.84. The van der Waals surface area contributed by atoms with Gasteiger partial charge in [0.2, 0.25) is 5.91 Å². The molecule has 1 fully saturated rings. The zero-order chi connectivity index (χ0) is 13.1. The Hall–Kier alpha value is -0.700. The summed E-state index contributed by atoms with van der Waals surface area (Å²) in [6, 6.07) is 0. The van der Waals surface area contributed by atoms with Crippen molar-refractivity contribution < 1.29 is 13.2 Å². The average molecular weight is 264 g/mol. The molecule has 0 radical (unpaired) electrons. The molecule has 1 aliphatic heterocycles. The van der Waals surface area contributed by atoms with Crippen LogP contribution >= 0.6 is 0 Å². The molecule has 0 aromatic heterocycles. The zero-order valence-electron chi connectivity index (χ0n) is 10.0. The molecule has 0 aromatic rings. The molecule has 1 unspecified atom stereocenters. The van der Waals surface area contributed by atoms with Crippen molar-refractivity contribution in [3.63, 3.8) is 0 Å². The Labute approximate surface area is 102 Å². The molecule has 1 saturated heterocycles. The van der Waals surface area contributed by atoms with Gasteiger partial charge in [-0.25, -0.2) is 5.14 Å². The Morgan fingerprint density at radius 1 is 1.29 bits per heavy atom. The minimum Gasteiger partial charge on any atom is -0.340 e. The average Bonchev–Trinajstić information content (AvgIpc) is 2.27. The largest absolute Gasteiger partial charge is 0.340 e. The predicted molar refractivity (Wildman–Crippen MR) is 64.1 cm³/mol. The Balaban J connectivity index is 2.44. The van der Waals surface area contributed by atoms with Gasteiger partial charge in [-0.1, -0.05) is 6.92 Å². The van der Waals surface area contributed by atoms with Crippen LogP contribution in [0.2, 0.25) is 0 Å². The van der Waals surface area contributed by atoms with E-state index < -0.39 is 10.2 Å². The highest BCUT2D eigenvalue weighted by Gasteiger charge is 2.26. The molecule has 1 atom stereocenters. The molecule has 0 aliphatic carbocycles. The fourth-order valence-corrected chi connectivity index (χ4v) is 2.37. The lowest BCUT2D eigenvalue weighted by Crippen LogP contribution is -2.52. The third-order valence-corrected chi connectivity index (χ3v) is 3.96. The molecule has 17 heavy (non-hydrogen) atoms.